The molecule has 1 aliphatic carbocycles. The summed E-state index contributed by atoms with van der Waals surface area (Å²) in [5.74, 6) is 0.200. The molecule has 1 heterocycles. The van der Waals surface area contributed by atoms with Crippen LogP contribution in [0, 0.1) is 0 Å². The number of rotatable bonds is 2. The Hall–Kier alpha value is -2.05. The van der Waals surface area contributed by atoms with Gasteiger partial charge >= 0.3 is 11.7 Å². The van der Waals surface area contributed by atoms with Crippen LogP contribution in [0.15, 0.2) is 15.7 Å². The van der Waals surface area contributed by atoms with Crippen molar-refractivity contribution >= 4 is 11.8 Å². The minimum atomic E-state index is -0.467. The van der Waals surface area contributed by atoms with Crippen molar-refractivity contribution in [2.75, 3.05) is 5.32 Å². The number of nitrogens with one attached hydrogen (secondary N) is 2. The van der Waals surface area contributed by atoms with Crippen molar-refractivity contribution < 1.29 is 4.79 Å². The third-order valence-electron chi connectivity index (χ3n) is 3.71. The first-order valence-electron chi connectivity index (χ1n) is 6.83. The Morgan fingerprint density at radius 2 is 1.80 bits per heavy atom. The van der Waals surface area contributed by atoms with Gasteiger partial charge in [-0.1, -0.05) is 19.3 Å². The van der Waals surface area contributed by atoms with Crippen molar-refractivity contribution in [1.29, 1.82) is 0 Å². The number of hydrogen-bond donors (Lipinski definition) is 2. The molecule has 0 unspecified atom stereocenters. The van der Waals surface area contributed by atoms with E-state index in [0.29, 0.717) is 0 Å². The molecule has 0 aromatic carbocycles. The van der Waals surface area contributed by atoms with E-state index in [4.69, 9.17) is 0 Å². The zero-order valence-electron chi connectivity index (χ0n) is 11.8. The van der Waals surface area contributed by atoms with Gasteiger partial charge in [-0.3, -0.25) is 19.2 Å². The molecule has 0 aliphatic heterocycles. The minimum absolute atomic E-state index is 0.173. The van der Waals surface area contributed by atoms with Crippen LogP contribution in [0.25, 0.3) is 0 Å². The summed E-state index contributed by atoms with van der Waals surface area (Å²) in [6.07, 6.45) is 5.40. The van der Waals surface area contributed by atoms with Gasteiger partial charge in [-0.25, -0.2) is 9.59 Å². The molecule has 2 rings (SSSR count). The minimum Gasteiger partial charge on any atom is -0.335 e. The van der Waals surface area contributed by atoms with Crippen molar-refractivity contribution in [1.82, 2.24) is 14.5 Å². The Bertz CT molecular complexity index is 611. The monoisotopic (exact) mass is 280 g/mol. The van der Waals surface area contributed by atoms with Crippen LogP contribution >= 0.6 is 0 Å². The maximum Gasteiger partial charge on any atom is 0.332 e. The van der Waals surface area contributed by atoms with Crippen LogP contribution < -0.4 is 21.9 Å². The lowest BCUT2D eigenvalue weighted by Gasteiger charge is -2.23. The van der Waals surface area contributed by atoms with Gasteiger partial charge in [0.25, 0.3) is 5.56 Å². The highest BCUT2D eigenvalue weighted by Gasteiger charge is 2.16. The van der Waals surface area contributed by atoms with Gasteiger partial charge in [-0.05, 0) is 12.8 Å². The molecule has 1 fully saturated rings. The van der Waals surface area contributed by atoms with Gasteiger partial charge in [0.15, 0.2) is 0 Å². The Morgan fingerprint density at radius 3 is 2.45 bits per heavy atom. The fourth-order valence-electron chi connectivity index (χ4n) is 2.44. The van der Waals surface area contributed by atoms with Crippen molar-refractivity contribution in [2.45, 2.75) is 38.1 Å². The highest BCUT2D eigenvalue weighted by atomic mass is 16.2. The van der Waals surface area contributed by atoms with Crippen LogP contribution in [0.4, 0.5) is 10.6 Å². The Morgan fingerprint density at radius 1 is 1.15 bits per heavy atom. The fourth-order valence-corrected chi connectivity index (χ4v) is 2.44. The molecule has 1 aromatic rings. The molecule has 0 spiro atoms. The number of aromatic nitrogens is 2. The van der Waals surface area contributed by atoms with Gasteiger partial charge in [0.2, 0.25) is 0 Å². The molecule has 2 amide bonds. The zero-order chi connectivity index (χ0) is 14.7. The van der Waals surface area contributed by atoms with E-state index < -0.39 is 11.2 Å². The molecule has 7 nitrogen and oxygen atoms in total. The average molecular weight is 280 g/mol. The van der Waals surface area contributed by atoms with E-state index in [0.717, 1.165) is 30.3 Å². The molecular formula is C13H20N4O3. The first-order valence-corrected chi connectivity index (χ1v) is 6.83. The number of amides is 2. The van der Waals surface area contributed by atoms with Crippen LogP contribution in [0.2, 0.25) is 0 Å². The molecule has 0 bridgehead atoms. The highest BCUT2D eigenvalue weighted by molar-refractivity contribution is 5.88. The SMILES string of the molecule is Cn1c(NC(=O)NC2CCCCC2)cc(=O)n(C)c1=O. The third kappa shape index (κ3) is 3.09. The quantitative estimate of drug-likeness (QED) is 0.829. The summed E-state index contributed by atoms with van der Waals surface area (Å²) in [7, 11) is 2.91. The molecular weight excluding hydrogens is 260 g/mol. The number of nitrogens with zero attached hydrogens (tertiary/aromatic N) is 2. The normalized spacial score (nSPS) is 15.9. The molecule has 2 N–H and O–H groups in total. The molecule has 110 valence electrons. The number of carbonyl (C=O) groups excluding carboxylic acids is 1. The Kier molecular flexibility index (Phi) is 4.26. The van der Waals surface area contributed by atoms with Gasteiger partial charge < -0.3 is 5.32 Å². The van der Waals surface area contributed by atoms with Crippen molar-refractivity contribution in [3.63, 3.8) is 0 Å². The lowest BCUT2D eigenvalue weighted by atomic mass is 9.96. The molecule has 20 heavy (non-hydrogen) atoms. The van der Waals surface area contributed by atoms with E-state index in [2.05, 4.69) is 10.6 Å². The van der Waals surface area contributed by atoms with Crippen molar-refractivity contribution in [2.24, 2.45) is 14.1 Å². The summed E-state index contributed by atoms with van der Waals surface area (Å²) in [5, 5.41) is 5.44. The maximum atomic E-state index is 11.9. The molecule has 0 atom stereocenters. The average Bonchev–Trinajstić information content (AvgIpc) is 2.43. The molecule has 7 heteroatoms. The van der Waals surface area contributed by atoms with Crippen molar-refractivity contribution in [3.05, 3.63) is 26.9 Å². The van der Waals surface area contributed by atoms with E-state index >= 15 is 0 Å². The topological polar surface area (TPSA) is 85.1 Å². The van der Waals surface area contributed by atoms with E-state index in [-0.39, 0.29) is 17.9 Å². The van der Waals surface area contributed by atoms with E-state index in [1.165, 1.54) is 31.1 Å². The van der Waals surface area contributed by atoms with Gasteiger partial charge in [-0.15, -0.1) is 0 Å². The highest BCUT2D eigenvalue weighted by Crippen LogP contribution is 2.17. The van der Waals surface area contributed by atoms with Crippen LogP contribution in [0.3, 0.4) is 0 Å². The smallest absolute Gasteiger partial charge is 0.332 e. The van der Waals surface area contributed by atoms with Gasteiger partial charge in [0.1, 0.15) is 5.82 Å². The second-order valence-corrected chi connectivity index (χ2v) is 5.20. The molecule has 1 saturated carbocycles. The van der Waals surface area contributed by atoms with Crippen molar-refractivity contribution in [3.8, 4) is 0 Å². The number of hydrogen-bond acceptors (Lipinski definition) is 3. The lowest BCUT2D eigenvalue weighted by molar-refractivity contribution is 0.244. The number of anilines is 1. The van der Waals surface area contributed by atoms with Crippen LogP contribution in [0.1, 0.15) is 32.1 Å². The summed E-state index contributed by atoms with van der Waals surface area (Å²) in [6.45, 7) is 0. The first-order chi connectivity index (χ1) is 9.49. The molecule has 1 aromatic heterocycles. The summed E-state index contributed by atoms with van der Waals surface area (Å²) in [5.41, 5.74) is -0.911. The van der Waals surface area contributed by atoms with E-state index in [1.54, 1.807) is 0 Å². The molecule has 1 aliphatic rings. The van der Waals surface area contributed by atoms with E-state index in [9.17, 15) is 14.4 Å². The summed E-state index contributed by atoms with van der Waals surface area (Å²) in [6, 6.07) is 1.04. The predicted octanol–water partition coefficient (Wildman–Crippen LogP) is 0.538. The van der Waals surface area contributed by atoms with Crippen LogP contribution in [0.5, 0.6) is 0 Å². The van der Waals surface area contributed by atoms with Gasteiger partial charge in [0.05, 0.1) is 0 Å². The van der Waals surface area contributed by atoms with Crippen LogP contribution in [-0.4, -0.2) is 21.2 Å². The summed E-state index contributed by atoms with van der Waals surface area (Å²) >= 11 is 0. The van der Waals surface area contributed by atoms with Gasteiger partial charge in [-0.2, -0.15) is 0 Å². The van der Waals surface area contributed by atoms with E-state index in [1.807, 2.05) is 0 Å². The third-order valence-corrected chi connectivity index (χ3v) is 3.71. The second-order valence-electron chi connectivity index (χ2n) is 5.20. The molecule has 0 radical (unpaired) electrons. The summed E-state index contributed by atoms with van der Waals surface area (Å²) in [4.78, 5) is 35.2. The van der Waals surface area contributed by atoms with Gasteiger partial charge in [0, 0.05) is 26.2 Å². The zero-order valence-corrected chi connectivity index (χ0v) is 11.8. The lowest BCUT2D eigenvalue weighted by Crippen LogP contribution is -2.42. The first kappa shape index (κ1) is 14.4. The Balaban J connectivity index is 2.08. The number of urea groups is 1. The molecule has 0 saturated heterocycles. The largest absolute Gasteiger partial charge is 0.335 e. The number of carbonyl (C=O) groups is 1. The maximum absolute atomic E-state index is 11.9. The predicted molar refractivity (Wildman–Crippen MR) is 76.0 cm³/mol. The Labute approximate surface area is 116 Å². The second kappa shape index (κ2) is 5.94. The fraction of sp³-hybridized carbons (Fsp3) is 0.615. The van der Waals surface area contributed by atoms with Crippen LogP contribution in [-0.2, 0) is 14.1 Å². The standard InChI is InChI=1S/C13H20N4O3/c1-16-10(8-11(18)17(2)13(16)20)15-12(19)14-9-6-4-3-5-7-9/h8-9H,3-7H2,1-2H3,(H2,14,15,19). The summed E-state index contributed by atoms with van der Waals surface area (Å²) < 4.78 is 2.23.